The Morgan fingerprint density at radius 3 is 2.55 bits per heavy atom. The van der Waals surface area contributed by atoms with E-state index >= 15 is 0 Å². The molecule has 0 aliphatic carbocycles. The van der Waals surface area contributed by atoms with Gasteiger partial charge < -0.3 is 23.9 Å². The van der Waals surface area contributed by atoms with Gasteiger partial charge in [-0.3, -0.25) is 9.59 Å². The summed E-state index contributed by atoms with van der Waals surface area (Å²) in [5.41, 5.74) is 3.13. The number of rotatable bonds is 8. The van der Waals surface area contributed by atoms with Gasteiger partial charge >= 0.3 is 5.97 Å². The van der Waals surface area contributed by atoms with Crippen LogP contribution in [0.2, 0.25) is 0 Å². The molecule has 0 bridgehead atoms. The quantitative estimate of drug-likeness (QED) is 0.583. The molecule has 0 spiro atoms. The molecule has 3 rings (SSSR count). The number of benzene rings is 2. The lowest BCUT2D eigenvalue weighted by Gasteiger charge is -2.10. The number of esters is 1. The van der Waals surface area contributed by atoms with Crippen LogP contribution in [0.4, 0.5) is 5.69 Å². The van der Waals surface area contributed by atoms with Crippen molar-refractivity contribution in [3.8, 4) is 11.5 Å². The van der Waals surface area contributed by atoms with Crippen molar-refractivity contribution in [2.75, 3.05) is 26.1 Å². The van der Waals surface area contributed by atoms with Crippen LogP contribution in [0.3, 0.4) is 0 Å². The minimum absolute atomic E-state index is 0.0299. The van der Waals surface area contributed by atoms with E-state index in [9.17, 15) is 9.59 Å². The number of hydrogen-bond acceptors (Lipinski definition) is 6. The van der Waals surface area contributed by atoms with Crippen molar-refractivity contribution >= 4 is 28.5 Å². The van der Waals surface area contributed by atoms with Crippen LogP contribution in [0.15, 0.2) is 47.1 Å². The molecule has 0 aliphatic heterocycles. The predicted octanol–water partition coefficient (Wildman–Crippen LogP) is 3.74. The predicted molar refractivity (Wildman–Crippen MR) is 108 cm³/mol. The van der Waals surface area contributed by atoms with Crippen LogP contribution < -0.4 is 14.8 Å². The minimum atomic E-state index is -0.505. The number of methoxy groups -OCH3 is 2. The van der Waals surface area contributed by atoms with Crippen LogP contribution >= 0.6 is 0 Å². The summed E-state index contributed by atoms with van der Waals surface area (Å²) in [4.78, 5) is 24.2. The highest BCUT2D eigenvalue weighted by Gasteiger charge is 2.14. The largest absolute Gasteiger partial charge is 0.493 e. The Morgan fingerprint density at radius 1 is 1.03 bits per heavy atom. The molecule has 0 aliphatic rings. The molecule has 7 heteroatoms. The van der Waals surface area contributed by atoms with E-state index in [0.717, 1.165) is 28.5 Å². The highest BCUT2D eigenvalue weighted by Crippen LogP contribution is 2.29. The molecule has 1 N–H and O–H groups in total. The SMILES string of the molecule is CCc1ccc2c(CC(=O)OCC(=O)Nc3ccc(OC)c(OC)c3)coc2c1. The second kappa shape index (κ2) is 9.14. The first-order valence-corrected chi connectivity index (χ1v) is 9.20. The summed E-state index contributed by atoms with van der Waals surface area (Å²) in [5.74, 6) is 0.0839. The van der Waals surface area contributed by atoms with E-state index in [1.807, 2.05) is 18.2 Å². The van der Waals surface area contributed by atoms with E-state index < -0.39 is 11.9 Å². The van der Waals surface area contributed by atoms with Gasteiger partial charge in [0.2, 0.25) is 0 Å². The van der Waals surface area contributed by atoms with Crippen molar-refractivity contribution in [1.29, 1.82) is 0 Å². The number of nitrogens with one attached hydrogen (secondary N) is 1. The van der Waals surface area contributed by atoms with E-state index in [1.54, 1.807) is 24.5 Å². The minimum Gasteiger partial charge on any atom is -0.493 e. The first-order chi connectivity index (χ1) is 14.0. The van der Waals surface area contributed by atoms with E-state index in [2.05, 4.69) is 12.2 Å². The Kier molecular flexibility index (Phi) is 6.39. The Labute approximate surface area is 168 Å². The van der Waals surface area contributed by atoms with Crippen LogP contribution in [0.5, 0.6) is 11.5 Å². The van der Waals surface area contributed by atoms with E-state index in [4.69, 9.17) is 18.6 Å². The lowest BCUT2D eigenvalue weighted by molar-refractivity contribution is -0.146. The maximum atomic E-state index is 12.1. The van der Waals surface area contributed by atoms with Gasteiger partial charge in [-0.15, -0.1) is 0 Å². The number of hydrogen-bond donors (Lipinski definition) is 1. The Hall–Kier alpha value is -3.48. The maximum absolute atomic E-state index is 12.1. The van der Waals surface area contributed by atoms with E-state index in [1.165, 1.54) is 14.2 Å². The Balaban J connectivity index is 1.55. The van der Waals surface area contributed by atoms with E-state index in [-0.39, 0.29) is 13.0 Å². The molecule has 7 nitrogen and oxygen atoms in total. The topological polar surface area (TPSA) is 87.0 Å². The molecule has 29 heavy (non-hydrogen) atoms. The monoisotopic (exact) mass is 397 g/mol. The normalized spacial score (nSPS) is 10.6. The molecule has 0 saturated heterocycles. The first-order valence-electron chi connectivity index (χ1n) is 9.20. The summed E-state index contributed by atoms with van der Waals surface area (Å²) in [6.45, 7) is 1.68. The molecule has 1 heterocycles. The van der Waals surface area contributed by atoms with Crippen LogP contribution in [0.1, 0.15) is 18.1 Å². The molecule has 0 atom stereocenters. The van der Waals surface area contributed by atoms with Crippen LogP contribution in [-0.4, -0.2) is 32.7 Å². The van der Waals surface area contributed by atoms with Crippen LogP contribution in [0.25, 0.3) is 11.0 Å². The van der Waals surface area contributed by atoms with Gasteiger partial charge in [0.05, 0.1) is 26.9 Å². The van der Waals surface area contributed by atoms with Crippen molar-refractivity contribution in [3.63, 3.8) is 0 Å². The maximum Gasteiger partial charge on any atom is 0.310 e. The number of anilines is 1. The molecular formula is C22H23NO6. The molecule has 0 fully saturated rings. The molecular weight excluding hydrogens is 374 g/mol. The summed E-state index contributed by atoms with van der Waals surface area (Å²) in [5, 5.41) is 3.52. The summed E-state index contributed by atoms with van der Waals surface area (Å²) in [6, 6.07) is 10.9. The Bertz CT molecular complexity index is 1020. The van der Waals surface area contributed by atoms with Gasteiger partial charge in [-0.1, -0.05) is 19.1 Å². The number of carbonyl (C=O) groups is 2. The third-order valence-corrected chi connectivity index (χ3v) is 4.49. The van der Waals surface area contributed by atoms with Crippen LogP contribution in [-0.2, 0) is 27.2 Å². The molecule has 3 aromatic rings. The number of amides is 1. The van der Waals surface area contributed by atoms with Crippen molar-refractivity contribution < 1.29 is 28.2 Å². The van der Waals surface area contributed by atoms with E-state index in [0.29, 0.717) is 17.2 Å². The van der Waals surface area contributed by atoms with Crippen LogP contribution in [0, 0.1) is 0 Å². The molecule has 152 valence electrons. The number of furan rings is 1. The van der Waals surface area contributed by atoms with Gasteiger partial charge in [-0.2, -0.15) is 0 Å². The number of fused-ring (bicyclic) bond motifs is 1. The fraction of sp³-hybridized carbons (Fsp3) is 0.273. The van der Waals surface area contributed by atoms with Gasteiger partial charge in [0, 0.05) is 22.7 Å². The van der Waals surface area contributed by atoms with Crippen molar-refractivity contribution in [1.82, 2.24) is 0 Å². The fourth-order valence-electron chi connectivity index (χ4n) is 2.95. The summed E-state index contributed by atoms with van der Waals surface area (Å²) in [6.07, 6.45) is 2.49. The van der Waals surface area contributed by atoms with Gasteiger partial charge in [-0.05, 0) is 30.2 Å². The second-order valence-electron chi connectivity index (χ2n) is 6.40. The molecule has 2 aromatic carbocycles. The number of ether oxygens (including phenoxy) is 3. The van der Waals surface area contributed by atoms with Gasteiger partial charge in [0.15, 0.2) is 18.1 Å². The smallest absolute Gasteiger partial charge is 0.310 e. The first kappa shape index (κ1) is 20.3. The second-order valence-corrected chi connectivity index (χ2v) is 6.40. The molecule has 1 aromatic heterocycles. The molecule has 0 saturated carbocycles. The fourth-order valence-corrected chi connectivity index (χ4v) is 2.95. The highest BCUT2D eigenvalue weighted by atomic mass is 16.5. The zero-order chi connectivity index (χ0) is 20.8. The molecule has 0 unspecified atom stereocenters. The molecule has 1 amide bonds. The zero-order valence-electron chi connectivity index (χ0n) is 16.6. The average molecular weight is 397 g/mol. The van der Waals surface area contributed by atoms with Crippen molar-refractivity contribution in [2.24, 2.45) is 0 Å². The highest BCUT2D eigenvalue weighted by molar-refractivity contribution is 5.93. The Morgan fingerprint density at radius 2 is 1.83 bits per heavy atom. The lowest BCUT2D eigenvalue weighted by atomic mass is 10.1. The van der Waals surface area contributed by atoms with Crippen molar-refractivity contribution in [3.05, 3.63) is 53.8 Å². The third kappa shape index (κ3) is 4.87. The average Bonchev–Trinajstić information content (AvgIpc) is 3.13. The summed E-state index contributed by atoms with van der Waals surface area (Å²) in [7, 11) is 3.04. The summed E-state index contributed by atoms with van der Waals surface area (Å²) < 4.78 is 21.0. The third-order valence-electron chi connectivity index (χ3n) is 4.49. The lowest BCUT2D eigenvalue weighted by Crippen LogP contribution is -2.21. The number of carbonyl (C=O) groups excluding carboxylic acids is 2. The summed E-state index contributed by atoms with van der Waals surface area (Å²) >= 11 is 0. The number of aryl methyl sites for hydroxylation is 1. The molecule has 0 radical (unpaired) electrons. The van der Waals surface area contributed by atoms with Gasteiger partial charge in [0.25, 0.3) is 5.91 Å². The van der Waals surface area contributed by atoms with Gasteiger partial charge in [-0.25, -0.2) is 0 Å². The van der Waals surface area contributed by atoms with Gasteiger partial charge in [0.1, 0.15) is 5.58 Å². The zero-order valence-corrected chi connectivity index (χ0v) is 16.6. The van der Waals surface area contributed by atoms with Crippen molar-refractivity contribution in [2.45, 2.75) is 19.8 Å². The standard InChI is InChI=1S/C22H23NO6/c1-4-14-5-7-17-15(12-28-19(17)9-14)10-22(25)29-13-21(24)23-16-6-8-18(26-2)20(11-16)27-3/h5-9,11-12H,4,10,13H2,1-3H3,(H,23,24).